The monoisotopic (exact) mass is 253 g/mol. The highest BCUT2D eigenvalue weighted by atomic mass is 32.2. The molecule has 0 aromatic heterocycles. The minimum Gasteiger partial charge on any atom is -0.486 e. The van der Waals surface area contributed by atoms with Crippen molar-refractivity contribution in [1.29, 1.82) is 0 Å². The predicted molar refractivity (Wildman–Crippen MR) is 67.6 cm³/mol. The van der Waals surface area contributed by atoms with Gasteiger partial charge in [-0.05, 0) is 43.0 Å². The van der Waals surface area contributed by atoms with E-state index in [0.29, 0.717) is 5.75 Å². The molecule has 5 heteroatoms. The lowest BCUT2D eigenvalue weighted by Crippen LogP contribution is -2.15. The number of hydrogen-bond acceptors (Lipinski definition) is 4. The Morgan fingerprint density at radius 3 is 2.29 bits per heavy atom. The van der Waals surface area contributed by atoms with Crippen LogP contribution in [0.5, 0.6) is 5.75 Å². The second-order valence-electron chi connectivity index (χ2n) is 3.72. The minimum atomic E-state index is -0.0256. The first-order chi connectivity index (χ1) is 7.99. The minimum absolute atomic E-state index is 0.0220. The highest BCUT2D eigenvalue weighted by Gasteiger charge is 2.06. The van der Waals surface area contributed by atoms with E-state index in [-0.39, 0.29) is 17.6 Å². The second kappa shape index (κ2) is 6.30. The van der Waals surface area contributed by atoms with Crippen molar-refractivity contribution in [2.45, 2.75) is 11.8 Å². The number of carbonyl (C=O) groups excluding carboxylic acids is 2. The smallest absolute Gasteiger partial charge is 0.285 e. The molecule has 0 radical (unpaired) electrons. The standard InChI is InChI=1S/C12H15NO3S/c1-9(14)8-16-10-4-6-11(7-5-10)17-12(15)13(2)3/h4-7H,8H2,1-3H3. The number of ketones is 1. The van der Waals surface area contributed by atoms with Crippen LogP contribution in [0.4, 0.5) is 4.79 Å². The summed E-state index contributed by atoms with van der Waals surface area (Å²) >= 11 is 1.15. The maximum Gasteiger partial charge on any atom is 0.285 e. The largest absolute Gasteiger partial charge is 0.486 e. The van der Waals surface area contributed by atoms with Crippen LogP contribution in [0.2, 0.25) is 0 Å². The summed E-state index contributed by atoms with van der Waals surface area (Å²) in [5, 5.41) is -0.0256. The first-order valence-corrected chi connectivity index (χ1v) is 5.92. The highest BCUT2D eigenvalue weighted by Crippen LogP contribution is 2.23. The lowest BCUT2D eigenvalue weighted by molar-refractivity contribution is -0.118. The van der Waals surface area contributed by atoms with Gasteiger partial charge in [-0.3, -0.25) is 9.59 Å². The first kappa shape index (κ1) is 13.6. The zero-order valence-corrected chi connectivity index (χ0v) is 10.9. The van der Waals surface area contributed by atoms with E-state index in [4.69, 9.17) is 4.74 Å². The highest BCUT2D eigenvalue weighted by molar-refractivity contribution is 8.13. The third kappa shape index (κ3) is 4.91. The number of thioether (sulfide) groups is 1. The Labute approximate surface area is 105 Å². The molecule has 4 nitrogen and oxygen atoms in total. The van der Waals surface area contributed by atoms with Crippen molar-refractivity contribution >= 4 is 22.8 Å². The summed E-state index contributed by atoms with van der Waals surface area (Å²) in [6.07, 6.45) is 0. The maximum atomic E-state index is 11.4. The summed E-state index contributed by atoms with van der Waals surface area (Å²) in [6, 6.07) is 7.07. The van der Waals surface area contributed by atoms with E-state index in [9.17, 15) is 9.59 Å². The van der Waals surface area contributed by atoms with Crippen LogP contribution in [-0.2, 0) is 4.79 Å². The number of rotatable bonds is 4. The summed E-state index contributed by atoms with van der Waals surface area (Å²) < 4.78 is 5.22. The summed E-state index contributed by atoms with van der Waals surface area (Å²) in [5.74, 6) is 0.605. The molecule has 1 rings (SSSR count). The molecular weight excluding hydrogens is 238 g/mol. The van der Waals surface area contributed by atoms with E-state index in [1.807, 2.05) is 0 Å². The van der Waals surface area contributed by atoms with Crippen LogP contribution in [0.3, 0.4) is 0 Å². The number of nitrogens with zero attached hydrogens (tertiary/aromatic N) is 1. The SMILES string of the molecule is CC(=O)COc1ccc(SC(=O)N(C)C)cc1. The van der Waals surface area contributed by atoms with Crippen LogP contribution >= 0.6 is 11.8 Å². The molecule has 0 aliphatic rings. The molecule has 0 unspecified atom stereocenters. The van der Waals surface area contributed by atoms with Crippen molar-refractivity contribution in [3.8, 4) is 5.75 Å². The third-order valence-electron chi connectivity index (χ3n) is 1.84. The van der Waals surface area contributed by atoms with Crippen molar-refractivity contribution in [3.05, 3.63) is 24.3 Å². The topological polar surface area (TPSA) is 46.6 Å². The van der Waals surface area contributed by atoms with E-state index in [2.05, 4.69) is 0 Å². The van der Waals surface area contributed by atoms with Crippen LogP contribution in [0.15, 0.2) is 29.2 Å². The van der Waals surface area contributed by atoms with Gasteiger partial charge in [0.1, 0.15) is 12.4 Å². The average molecular weight is 253 g/mol. The number of hydrogen-bond donors (Lipinski definition) is 0. The quantitative estimate of drug-likeness (QED) is 0.773. The van der Waals surface area contributed by atoms with Gasteiger partial charge in [-0.1, -0.05) is 0 Å². The van der Waals surface area contributed by atoms with Gasteiger partial charge in [0.25, 0.3) is 5.24 Å². The Bertz CT molecular complexity index is 401. The normalized spacial score (nSPS) is 9.82. The molecule has 17 heavy (non-hydrogen) atoms. The fraction of sp³-hybridized carbons (Fsp3) is 0.333. The Morgan fingerprint density at radius 2 is 1.82 bits per heavy atom. The third-order valence-corrected chi connectivity index (χ3v) is 2.88. The van der Waals surface area contributed by atoms with Crippen LogP contribution < -0.4 is 4.74 Å². The second-order valence-corrected chi connectivity index (χ2v) is 4.75. The molecule has 92 valence electrons. The molecular formula is C12H15NO3S. The Balaban J connectivity index is 2.56. The van der Waals surface area contributed by atoms with Crippen molar-refractivity contribution in [2.24, 2.45) is 0 Å². The molecule has 0 saturated heterocycles. The average Bonchev–Trinajstić information content (AvgIpc) is 2.28. The lowest BCUT2D eigenvalue weighted by Gasteiger charge is -2.09. The van der Waals surface area contributed by atoms with E-state index in [0.717, 1.165) is 16.7 Å². The van der Waals surface area contributed by atoms with Crippen molar-refractivity contribution in [1.82, 2.24) is 4.90 Å². The van der Waals surface area contributed by atoms with Gasteiger partial charge in [-0.25, -0.2) is 0 Å². The van der Waals surface area contributed by atoms with E-state index in [1.54, 1.807) is 38.4 Å². The molecule has 0 heterocycles. The lowest BCUT2D eigenvalue weighted by atomic mass is 10.3. The van der Waals surface area contributed by atoms with Crippen LogP contribution in [0, 0.1) is 0 Å². The van der Waals surface area contributed by atoms with E-state index >= 15 is 0 Å². The Hall–Kier alpha value is -1.49. The number of Topliss-reactive ketones (excluding diaryl/α,β-unsaturated/α-hetero) is 1. The summed E-state index contributed by atoms with van der Waals surface area (Å²) in [4.78, 5) is 24.5. The van der Waals surface area contributed by atoms with E-state index in [1.165, 1.54) is 11.8 Å². The summed E-state index contributed by atoms with van der Waals surface area (Å²) in [7, 11) is 3.42. The zero-order valence-electron chi connectivity index (χ0n) is 10.1. The first-order valence-electron chi connectivity index (χ1n) is 5.10. The van der Waals surface area contributed by atoms with Crippen molar-refractivity contribution in [2.75, 3.05) is 20.7 Å². The molecule has 0 spiro atoms. The van der Waals surface area contributed by atoms with Crippen LogP contribution in [0.1, 0.15) is 6.92 Å². The number of amides is 1. The number of carbonyl (C=O) groups is 2. The molecule has 0 aliphatic carbocycles. The molecule has 0 saturated carbocycles. The van der Waals surface area contributed by atoms with Crippen LogP contribution in [-0.4, -0.2) is 36.6 Å². The molecule has 0 fully saturated rings. The van der Waals surface area contributed by atoms with Crippen molar-refractivity contribution in [3.63, 3.8) is 0 Å². The Kier molecular flexibility index (Phi) is 5.03. The van der Waals surface area contributed by atoms with Gasteiger partial charge < -0.3 is 9.64 Å². The van der Waals surface area contributed by atoms with Gasteiger partial charge in [-0.2, -0.15) is 0 Å². The Morgan fingerprint density at radius 1 is 1.24 bits per heavy atom. The summed E-state index contributed by atoms with van der Waals surface area (Å²) in [6.45, 7) is 1.54. The molecule has 0 atom stereocenters. The molecule has 1 aromatic carbocycles. The molecule has 0 N–H and O–H groups in total. The van der Waals surface area contributed by atoms with Crippen LogP contribution in [0.25, 0.3) is 0 Å². The van der Waals surface area contributed by atoms with Gasteiger partial charge in [-0.15, -0.1) is 0 Å². The zero-order chi connectivity index (χ0) is 12.8. The van der Waals surface area contributed by atoms with Gasteiger partial charge in [0.05, 0.1) is 0 Å². The van der Waals surface area contributed by atoms with E-state index < -0.39 is 0 Å². The van der Waals surface area contributed by atoms with Crippen molar-refractivity contribution < 1.29 is 14.3 Å². The van der Waals surface area contributed by atoms with Gasteiger partial charge >= 0.3 is 0 Å². The fourth-order valence-corrected chi connectivity index (χ4v) is 1.64. The van der Waals surface area contributed by atoms with Gasteiger partial charge in [0.15, 0.2) is 5.78 Å². The van der Waals surface area contributed by atoms with Gasteiger partial charge in [0, 0.05) is 19.0 Å². The number of benzene rings is 1. The van der Waals surface area contributed by atoms with Gasteiger partial charge in [0.2, 0.25) is 0 Å². The molecule has 0 bridgehead atoms. The number of ether oxygens (including phenoxy) is 1. The fourth-order valence-electron chi connectivity index (χ4n) is 0.981. The predicted octanol–water partition coefficient (Wildman–Crippen LogP) is 2.43. The molecule has 0 aliphatic heterocycles. The molecule has 1 aromatic rings. The maximum absolute atomic E-state index is 11.4. The molecule has 1 amide bonds. The summed E-state index contributed by atoms with van der Waals surface area (Å²) in [5.41, 5.74) is 0.